The molecular weight excluding hydrogens is 279 g/mol. The highest BCUT2D eigenvalue weighted by atomic mass is 32.1. The zero-order valence-corrected chi connectivity index (χ0v) is 12.6. The highest BCUT2D eigenvalue weighted by Crippen LogP contribution is 2.30. The molecule has 0 saturated carbocycles. The molecule has 0 spiro atoms. The van der Waals surface area contributed by atoms with Gasteiger partial charge in [0, 0.05) is 6.07 Å². The van der Waals surface area contributed by atoms with Gasteiger partial charge in [0.05, 0.1) is 23.2 Å². The van der Waals surface area contributed by atoms with Crippen LogP contribution in [0.4, 0.5) is 10.1 Å². The molecule has 0 aliphatic carbocycles. The first-order valence-corrected chi connectivity index (χ1v) is 6.77. The highest BCUT2D eigenvalue weighted by Gasteiger charge is 2.38. The highest BCUT2D eigenvalue weighted by molar-refractivity contribution is 7.80. The van der Waals surface area contributed by atoms with Crippen LogP contribution in [0.5, 0.6) is 5.75 Å². The number of ether oxygens (including phenoxy) is 1. The third-order valence-corrected chi connectivity index (χ3v) is 3.93. The lowest BCUT2D eigenvalue weighted by Gasteiger charge is -2.29. The molecule has 6 heteroatoms. The number of rotatable bonds is 6. The minimum absolute atomic E-state index is 0.0527. The average Bonchev–Trinajstić information content (AvgIpc) is 2.43. The van der Waals surface area contributed by atoms with Gasteiger partial charge in [-0.1, -0.05) is 26.1 Å². The Morgan fingerprint density at radius 2 is 2.05 bits per heavy atom. The number of halogens is 1. The summed E-state index contributed by atoms with van der Waals surface area (Å²) in [6, 6.07) is 4.13. The molecule has 3 N–H and O–H groups in total. The number of hydrogen-bond acceptors (Lipinski definition) is 3. The smallest absolute Gasteiger partial charge is 0.237 e. The van der Waals surface area contributed by atoms with E-state index in [1.165, 1.54) is 25.3 Å². The molecule has 110 valence electrons. The van der Waals surface area contributed by atoms with Gasteiger partial charge >= 0.3 is 0 Å². The van der Waals surface area contributed by atoms with E-state index in [1.54, 1.807) is 0 Å². The van der Waals surface area contributed by atoms with Gasteiger partial charge in [-0.3, -0.25) is 4.79 Å². The number of thiocarbonyl (C=S) groups is 1. The number of carbonyl (C=O) groups excluding carboxylic acids is 1. The van der Waals surface area contributed by atoms with Crippen LogP contribution in [0.15, 0.2) is 18.2 Å². The Bertz CT molecular complexity index is 516. The van der Waals surface area contributed by atoms with Gasteiger partial charge in [-0.25, -0.2) is 4.39 Å². The Balaban J connectivity index is 3.08. The Morgan fingerprint density at radius 1 is 1.45 bits per heavy atom. The van der Waals surface area contributed by atoms with E-state index in [1.807, 2.05) is 13.8 Å². The number of amides is 1. The summed E-state index contributed by atoms with van der Waals surface area (Å²) < 4.78 is 18.7. The van der Waals surface area contributed by atoms with E-state index in [0.717, 1.165) is 0 Å². The van der Waals surface area contributed by atoms with Crippen LogP contribution in [0.25, 0.3) is 0 Å². The first-order chi connectivity index (χ1) is 9.41. The largest absolute Gasteiger partial charge is 0.497 e. The first kappa shape index (κ1) is 16.4. The Labute approximate surface area is 123 Å². The monoisotopic (exact) mass is 298 g/mol. The number of nitrogens with two attached hydrogens (primary N) is 1. The Kier molecular flexibility index (Phi) is 5.44. The van der Waals surface area contributed by atoms with Gasteiger partial charge in [0.15, 0.2) is 0 Å². The second-order valence-corrected chi connectivity index (χ2v) is 4.89. The minimum Gasteiger partial charge on any atom is -0.497 e. The molecule has 0 aromatic heterocycles. The summed E-state index contributed by atoms with van der Waals surface area (Å²) in [5.74, 6) is -0.485. The lowest BCUT2D eigenvalue weighted by atomic mass is 9.81. The van der Waals surface area contributed by atoms with E-state index >= 15 is 0 Å². The normalized spacial score (nSPS) is 11.0. The first-order valence-electron chi connectivity index (χ1n) is 6.36. The average molecular weight is 298 g/mol. The predicted molar refractivity (Wildman–Crippen MR) is 81.4 cm³/mol. The molecular formula is C14H19FN2O2S. The van der Waals surface area contributed by atoms with Crippen LogP contribution in [0.3, 0.4) is 0 Å². The molecule has 4 nitrogen and oxygen atoms in total. The SMILES string of the molecule is CCC(CC)(C(=O)Nc1cc(OC)ccc1F)C(N)=S. The lowest BCUT2D eigenvalue weighted by molar-refractivity contribution is -0.122. The minimum atomic E-state index is -0.967. The summed E-state index contributed by atoms with van der Waals surface area (Å²) in [7, 11) is 1.47. The molecule has 1 amide bonds. The van der Waals surface area contributed by atoms with Crippen molar-refractivity contribution in [3.8, 4) is 5.75 Å². The van der Waals surface area contributed by atoms with Gasteiger partial charge < -0.3 is 15.8 Å². The van der Waals surface area contributed by atoms with Crippen LogP contribution in [0.1, 0.15) is 26.7 Å². The van der Waals surface area contributed by atoms with E-state index in [9.17, 15) is 9.18 Å². The molecule has 0 radical (unpaired) electrons. The van der Waals surface area contributed by atoms with Gasteiger partial charge in [0.1, 0.15) is 11.6 Å². The molecule has 0 fully saturated rings. The standard InChI is InChI=1S/C14H19FN2O2S/c1-4-14(5-2,12(16)20)13(18)17-11-8-9(19-3)6-7-10(11)15/h6-8H,4-5H2,1-3H3,(H2,16,20)(H,17,18). The van der Waals surface area contributed by atoms with Crippen LogP contribution >= 0.6 is 12.2 Å². The molecule has 1 aromatic rings. The summed E-state index contributed by atoms with van der Waals surface area (Å²) in [5, 5.41) is 2.55. The van der Waals surface area contributed by atoms with Gasteiger partial charge in [-0.05, 0) is 25.0 Å². The van der Waals surface area contributed by atoms with Crippen molar-refractivity contribution in [1.29, 1.82) is 0 Å². The van der Waals surface area contributed by atoms with Crippen molar-refractivity contribution in [2.24, 2.45) is 11.1 Å². The van der Waals surface area contributed by atoms with Gasteiger partial charge in [0.25, 0.3) is 0 Å². The predicted octanol–water partition coefficient (Wildman–Crippen LogP) is 2.87. The summed E-state index contributed by atoms with van der Waals surface area (Å²) in [6.45, 7) is 3.65. The molecule has 1 aromatic carbocycles. The van der Waals surface area contributed by atoms with Crippen LogP contribution in [0.2, 0.25) is 0 Å². The fourth-order valence-electron chi connectivity index (χ4n) is 2.00. The van der Waals surface area contributed by atoms with Crippen molar-refractivity contribution < 1.29 is 13.9 Å². The Hall–Kier alpha value is -1.69. The van der Waals surface area contributed by atoms with E-state index in [-0.39, 0.29) is 10.7 Å². The summed E-state index contributed by atoms with van der Waals surface area (Å²) >= 11 is 5.00. The summed E-state index contributed by atoms with van der Waals surface area (Å²) in [6.07, 6.45) is 0.909. The second-order valence-electron chi connectivity index (χ2n) is 4.45. The molecule has 0 saturated heterocycles. The van der Waals surface area contributed by atoms with Gasteiger partial charge in [-0.15, -0.1) is 0 Å². The second kappa shape index (κ2) is 6.65. The van der Waals surface area contributed by atoms with E-state index in [0.29, 0.717) is 18.6 Å². The van der Waals surface area contributed by atoms with E-state index < -0.39 is 17.1 Å². The van der Waals surface area contributed by atoms with Crippen molar-refractivity contribution in [1.82, 2.24) is 0 Å². The third kappa shape index (κ3) is 3.07. The molecule has 0 bridgehead atoms. The molecule has 0 heterocycles. The van der Waals surface area contributed by atoms with Crippen LogP contribution in [-0.4, -0.2) is 18.0 Å². The maximum Gasteiger partial charge on any atom is 0.237 e. The number of nitrogens with one attached hydrogen (secondary N) is 1. The maximum absolute atomic E-state index is 13.7. The number of hydrogen-bond donors (Lipinski definition) is 2. The third-order valence-electron chi connectivity index (χ3n) is 3.54. The zero-order chi connectivity index (χ0) is 15.3. The number of methoxy groups -OCH3 is 1. The molecule has 20 heavy (non-hydrogen) atoms. The van der Waals surface area contributed by atoms with Crippen molar-refractivity contribution in [3.05, 3.63) is 24.0 Å². The molecule has 0 atom stereocenters. The molecule has 0 aliphatic rings. The summed E-state index contributed by atoms with van der Waals surface area (Å²) in [5.41, 5.74) is 4.78. The van der Waals surface area contributed by atoms with E-state index in [2.05, 4.69) is 5.32 Å². The van der Waals surface area contributed by atoms with Crippen LogP contribution < -0.4 is 15.8 Å². The Morgan fingerprint density at radius 3 is 2.50 bits per heavy atom. The maximum atomic E-state index is 13.7. The van der Waals surface area contributed by atoms with Crippen molar-refractivity contribution >= 4 is 28.8 Å². The van der Waals surface area contributed by atoms with Crippen LogP contribution in [-0.2, 0) is 4.79 Å². The van der Waals surface area contributed by atoms with Crippen LogP contribution in [0, 0.1) is 11.2 Å². The van der Waals surface area contributed by atoms with Crippen molar-refractivity contribution in [3.63, 3.8) is 0 Å². The quantitative estimate of drug-likeness (QED) is 0.793. The summed E-state index contributed by atoms with van der Waals surface area (Å²) in [4.78, 5) is 12.5. The number of carbonyl (C=O) groups is 1. The number of anilines is 1. The van der Waals surface area contributed by atoms with Crippen molar-refractivity contribution in [2.75, 3.05) is 12.4 Å². The molecule has 1 rings (SSSR count). The molecule has 0 unspecified atom stereocenters. The van der Waals surface area contributed by atoms with E-state index in [4.69, 9.17) is 22.7 Å². The topological polar surface area (TPSA) is 64.3 Å². The lowest BCUT2D eigenvalue weighted by Crippen LogP contribution is -2.45. The van der Waals surface area contributed by atoms with Gasteiger partial charge in [-0.2, -0.15) is 0 Å². The number of benzene rings is 1. The fraction of sp³-hybridized carbons (Fsp3) is 0.429. The van der Waals surface area contributed by atoms with Gasteiger partial charge in [0.2, 0.25) is 5.91 Å². The fourth-order valence-corrected chi connectivity index (χ4v) is 2.38. The molecule has 0 aliphatic heterocycles. The van der Waals surface area contributed by atoms with Crippen molar-refractivity contribution in [2.45, 2.75) is 26.7 Å². The zero-order valence-electron chi connectivity index (χ0n) is 11.8.